The lowest BCUT2D eigenvalue weighted by Crippen LogP contribution is -2.34. The van der Waals surface area contributed by atoms with Crippen molar-refractivity contribution in [1.29, 1.82) is 5.26 Å². The van der Waals surface area contributed by atoms with Crippen molar-refractivity contribution < 1.29 is 18.0 Å². The number of hydrogen-bond acceptors (Lipinski definition) is 4. The van der Waals surface area contributed by atoms with Gasteiger partial charge in [-0.25, -0.2) is 22.9 Å². The van der Waals surface area contributed by atoms with E-state index >= 15 is 0 Å². The number of carbonyl (C=O) groups is 1. The van der Waals surface area contributed by atoms with Gasteiger partial charge in [0.25, 0.3) is 0 Å². The first kappa shape index (κ1) is 25.5. The first-order valence-electron chi connectivity index (χ1n) is 11.8. The molecule has 38 heavy (non-hydrogen) atoms. The summed E-state index contributed by atoms with van der Waals surface area (Å²) in [5.74, 6) is -3.97. The third kappa shape index (κ3) is 5.14. The first-order valence-corrected chi connectivity index (χ1v) is 12.2. The van der Waals surface area contributed by atoms with Crippen LogP contribution >= 0.6 is 11.6 Å². The summed E-state index contributed by atoms with van der Waals surface area (Å²) in [6, 6.07) is 12.4. The summed E-state index contributed by atoms with van der Waals surface area (Å²) in [6.07, 6.45) is 5.45. The number of rotatable bonds is 5. The molecule has 0 saturated heterocycles. The minimum atomic E-state index is -1.49. The van der Waals surface area contributed by atoms with Gasteiger partial charge in [0.2, 0.25) is 0 Å². The third-order valence-electron chi connectivity index (χ3n) is 6.47. The van der Waals surface area contributed by atoms with Crippen LogP contribution < -0.4 is 5.32 Å². The second-order valence-corrected chi connectivity index (χ2v) is 9.32. The number of nitriles is 1. The van der Waals surface area contributed by atoms with Crippen LogP contribution in [0.4, 0.5) is 18.0 Å². The zero-order chi connectivity index (χ0) is 26.8. The zero-order valence-electron chi connectivity index (χ0n) is 20.0. The maximum absolute atomic E-state index is 13.5. The number of carbonyl (C=O) groups excluding carboxylic acids is 1. The average Bonchev–Trinajstić information content (AvgIpc) is 3.23. The molecule has 1 N–H and O–H groups in total. The number of nitrogens with zero attached hydrogens (tertiary/aromatic N) is 4. The number of halogens is 4. The van der Waals surface area contributed by atoms with E-state index in [-0.39, 0.29) is 18.1 Å². The molecule has 0 fully saturated rings. The van der Waals surface area contributed by atoms with Crippen LogP contribution in [0, 0.1) is 28.8 Å². The largest absolute Gasteiger partial charge is 0.333 e. The van der Waals surface area contributed by atoms with Crippen molar-refractivity contribution in [2.75, 3.05) is 13.1 Å². The van der Waals surface area contributed by atoms with Gasteiger partial charge < -0.3 is 5.32 Å². The summed E-state index contributed by atoms with van der Waals surface area (Å²) in [4.78, 5) is 19.4. The fourth-order valence-corrected chi connectivity index (χ4v) is 4.89. The molecular weight excluding hydrogens is 515 g/mol. The van der Waals surface area contributed by atoms with Crippen LogP contribution in [-0.4, -0.2) is 33.6 Å². The number of fused-ring (bicyclic) bond motifs is 3. The summed E-state index contributed by atoms with van der Waals surface area (Å²) in [7, 11) is 0. The SMILES string of the molecule is N#Cc1ccc2c(c1)c1c(n2C(=O)NCc2ccnc(Cl)c2)CCN(CC=Cc2cc(F)c(F)c(F)c2)C1. The number of hydrogen-bond donors (Lipinski definition) is 1. The van der Waals surface area contributed by atoms with Gasteiger partial charge in [0, 0.05) is 49.9 Å². The molecule has 2 aromatic heterocycles. The van der Waals surface area contributed by atoms with E-state index in [1.54, 1.807) is 47.2 Å². The van der Waals surface area contributed by atoms with E-state index in [9.17, 15) is 23.2 Å². The maximum atomic E-state index is 13.5. The van der Waals surface area contributed by atoms with Crippen LogP contribution in [0.3, 0.4) is 0 Å². The highest BCUT2D eigenvalue weighted by atomic mass is 35.5. The van der Waals surface area contributed by atoms with Crippen molar-refractivity contribution in [3.63, 3.8) is 0 Å². The Morgan fingerprint density at radius 3 is 2.68 bits per heavy atom. The Labute approximate surface area is 221 Å². The minimum absolute atomic E-state index is 0.224. The van der Waals surface area contributed by atoms with Crippen molar-refractivity contribution in [3.05, 3.63) is 105 Å². The fourth-order valence-electron chi connectivity index (χ4n) is 4.69. The molecule has 1 aliphatic rings. The van der Waals surface area contributed by atoms with E-state index < -0.39 is 17.5 Å². The van der Waals surface area contributed by atoms with Crippen LogP contribution in [0.15, 0.2) is 54.7 Å². The van der Waals surface area contributed by atoms with Crippen LogP contribution in [0.25, 0.3) is 17.0 Å². The molecule has 3 heterocycles. The molecule has 0 aliphatic carbocycles. The lowest BCUT2D eigenvalue weighted by molar-refractivity contribution is 0.240. The highest BCUT2D eigenvalue weighted by molar-refractivity contribution is 6.29. The molecule has 0 unspecified atom stereocenters. The minimum Gasteiger partial charge on any atom is -0.333 e. The fraction of sp³-hybridized carbons (Fsp3) is 0.179. The van der Waals surface area contributed by atoms with Gasteiger partial charge in [0.1, 0.15) is 5.15 Å². The Hall–Kier alpha value is -4.13. The number of nitrogens with one attached hydrogen (secondary N) is 1. The predicted octanol–water partition coefficient (Wildman–Crippen LogP) is 5.81. The molecule has 2 aromatic carbocycles. The Morgan fingerprint density at radius 1 is 1.16 bits per heavy atom. The van der Waals surface area contributed by atoms with E-state index in [2.05, 4.69) is 21.3 Å². The molecule has 10 heteroatoms. The highest BCUT2D eigenvalue weighted by Gasteiger charge is 2.26. The predicted molar refractivity (Wildman–Crippen MR) is 138 cm³/mol. The number of pyridine rings is 1. The van der Waals surface area contributed by atoms with Gasteiger partial charge in [-0.2, -0.15) is 5.26 Å². The zero-order valence-corrected chi connectivity index (χ0v) is 20.8. The second kappa shape index (κ2) is 10.7. The monoisotopic (exact) mass is 535 g/mol. The van der Waals surface area contributed by atoms with Gasteiger partial charge in [-0.3, -0.25) is 9.47 Å². The Kier molecular flexibility index (Phi) is 7.18. The molecule has 4 aromatic rings. The third-order valence-corrected chi connectivity index (χ3v) is 6.68. The molecular formula is C28H21ClF3N5O. The summed E-state index contributed by atoms with van der Waals surface area (Å²) in [5.41, 5.74) is 4.03. The molecule has 0 spiro atoms. The molecule has 6 nitrogen and oxygen atoms in total. The van der Waals surface area contributed by atoms with Gasteiger partial charge in [0.15, 0.2) is 17.5 Å². The van der Waals surface area contributed by atoms with E-state index in [1.165, 1.54) is 6.08 Å². The van der Waals surface area contributed by atoms with Crippen molar-refractivity contribution in [1.82, 2.24) is 19.8 Å². The van der Waals surface area contributed by atoms with Gasteiger partial charge in [-0.05, 0) is 59.2 Å². The molecule has 0 saturated carbocycles. The lowest BCUT2D eigenvalue weighted by Gasteiger charge is -2.27. The van der Waals surface area contributed by atoms with Crippen molar-refractivity contribution in [2.45, 2.75) is 19.5 Å². The van der Waals surface area contributed by atoms with Gasteiger partial charge in [0.05, 0.1) is 17.1 Å². The topological polar surface area (TPSA) is 74.0 Å². The summed E-state index contributed by atoms with van der Waals surface area (Å²) in [6.45, 7) is 1.89. The summed E-state index contributed by atoms with van der Waals surface area (Å²) < 4.78 is 41.9. The van der Waals surface area contributed by atoms with Crippen LogP contribution in [0.1, 0.15) is 27.9 Å². The van der Waals surface area contributed by atoms with Crippen molar-refractivity contribution >= 4 is 34.6 Å². The standard InChI is InChI=1S/C28H21ClF3N5O/c29-26-13-19(5-7-34-26)15-35-28(38)37-24-4-3-18(14-33)10-20(24)21-16-36(9-6-25(21)37)8-1-2-17-11-22(30)27(32)23(31)12-17/h1-5,7,10-13H,6,8-9,15-16H2,(H,35,38). The van der Waals surface area contributed by atoms with Crippen LogP contribution in [0.2, 0.25) is 5.15 Å². The number of amides is 1. The Morgan fingerprint density at radius 2 is 1.95 bits per heavy atom. The maximum Gasteiger partial charge on any atom is 0.326 e. The summed E-state index contributed by atoms with van der Waals surface area (Å²) in [5, 5.41) is 13.5. The first-order chi connectivity index (χ1) is 18.3. The molecule has 5 rings (SSSR count). The van der Waals surface area contributed by atoms with Crippen molar-refractivity contribution in [3.8, 4) is 6.07 Å². The molecule has 192 valence electrons. The Balaban J connectivity index is 1.39. The number of aromatic nitrogens is 2. The second-order valence-electron chi connectivity index (χ2n) is 8.94. The molecule has 0 radical (unpaired) electrons. The van der Waals surface area contributed by atoms with E-state index in [1.807, 2.05) is 0 Å². The number of benzene rings is 2. The molecule has 1 aliphatic heterocycles. The molecule has 0 bridgehead atoms. The van der Waals surface area contributed by atoms with Crippen molar-refractivity contribution in [2.24, 2.45) is 0 Å². The highest BCUT2D eigenvalue weighted by Crippen LogP contribution is 2.32. The average molecular weight is 536 g/mol. The Bertz CT molecular complexity index is 1600. The van der Waals surface area contributed by atoms with Crippen LogP contribution in [-0.2, 0) is 19.5 Å². The van der Waals surface area contributed by atoms with Gasteiger partial charge in [-0.15, -0.1) is 0 Å². The summed E-state index contributed by atoms with van der Waals surface area (Å²) >= 11 is 5.95. The van der Waals surface area contributed by atoms with Gasteiger partial charge in [-0.1, -0.05) is 23.8 Å². The lowest BCUT2D eigenvalue weighted by atomic mass is 10.0. The normalized spacial score (nSPS) is 13.6. The van der Waals surface area contributed by atoms with E-state index in [0.717, 1.165) is 34.3 Å². The molecule has 1 amide bonds. The van der Waals surface area contributed by atoms with Gasteiger partial charge >= 0.3 is 6.03 Å². The van der Waals surface area contributed by atoms with E-state index in [4.69, 9.17) is 11.6 Å². The van der Waals surface area contributed by atoms with Crippen LogP contribution in [0.5, 0.6) is 0 Å². The quantitative estimate of drug-likeness (QED) is 0.259. The smallest absolute Gasteiger partial charge is 0.326 e. The molecule has 0 atom stereocenters. The van der Waals surface area contributed by atoms with E-state index in [0.29, 0.717) is 42.3 Å².